The first-order valence-corrected chi connectivity index (χ1v) is 10.1. The van der Waals surface area contributed by atoms with Crippen molar-refractivity contribution in [3.8, 4) is 0 Å². The smallest absolute Gasteiger partial charge is 0.260 e. The van der Waals surface area contributed by atoms with Crippen molar-refractivity contribution in [3.63, 3.8) is 0 Å². The van der Waals surface area contributed by atoms with Gasteiger partial charge in [0.25, 0.3) is 11.5 Å². The van der Waals surface area contributed by atoms with Crippen LogP contribution in [0, 0.1) is 0 Å². The molecule has 6 nitrogen and oxygen atoms in total. The molecule has 0 atom stereocenters. The number of imidazole rings is 1. The third-order valence-corrected chi connectivity index (χ3v) is 5.81. The van der Waals surface area contributed by atoms with Gasteiger partial charge in [-0.1, -0.05) is 12.7 Å². The van der Waals surface area contributed by atoms with Gasteiger partial charge in [0.15, 0.2) is 0 Å². The molecule has 31 heavy (non-hydrogen) atoms. The highest BCUT2D eigenvalue weighted by Crippen LogP contribution is 2.32. The average molecular weight is 421 g/mol. The Bertz CT molecular complexity index is 1350. The van der Waals surface area contributed by atoms with Gasteiger partial charge in [-0.3, -0.25) is 9.78 Å². The molecule has 0 spiro atoms. The van der Waals surface area contributed by atoms with E-state index in [1.54, 1.807) is 23.0 Å². The van der Waals surface area contributed by atoms with E-state index in [4.69, 9.17) is 0 Å². The summed E-state index contributed by atoms with van der Waals surface area (Å²) in [5, 5.41) is 1.20. The monoisotopic (exact) mass is 421 g/mol. The molecule has 0 bridgehead atoms. The van der Waals surface area contributed by atoms with Crippen LogP contribution in [0.15, 0.2) is 60.6 Å². The van der Waals surface area contributed by atoms with Gasteiger partial charge >= 0.3 is 0 Å². The van der Waals surface area contributed by atoms with Crippen LogP contribution in [0.3, 0.4) is 0 Å². The molecule has 5 rings (SSSR count). The normalized spacial score (nSPS) is 16.1. The molecule has 1 aliphatic rings. The number of hydrogen-bond acceptors (Lipinski definition) is 4. The third-order valence-electron chi connectivity index (χ3n) is 5.81. The first-order chi connectivity index (χ1) is 14.9. The van der Waals surface area contributed by atoms with Crippen molar-refractivity contribution < 1.29 is 8.78 Å². The molecule has 5 heterocycles. The Balaban J connectivity index is 1.48. The van der Waals surface area contributed by atoms with Crippen molar-refractivity contribution in [1.29, 1.82) is 0 Å². The summed E-state index contributed by atoms with van der Waals surface area (Å²) in [6.07, 6.45) is 10.1. The molecule has 0 N–H and O–H groups in total. The Hall–Kier alpha value is -3.55. The van der Waals surface area contributed by atoms with Crippen molar-refractivity contribution in [3.05, 3.63) is 77.4 Å². The van der Waals surface area contributed by atoms with Crippen LogP contribution < -0.4 is 10.5 Å². The Kier molecular flexibility index (Phi) is 4.57. The molecule has 4 aromatic heterocycles. The predicted octanol–water partition coefficient (Wildman–Crippen LogP) is 3.97. The molecule has 1 saturated heterocycles. The van der Waals surface area contributed by atoms with Gasteiger partial charge in [0, 0.05) is 56.1 Å². The molecule has 0 unspecified atom stereocenters. The lowest BCUT2D eigenvalue weighted by molar-refractivity contribution is -0.0220. The van der Waals surface area contributed by atoms with Gasteiger partial charge < -0.3 is 13.9 Å². The van der Waals surface area contributed by atoms with Crippen molar-refractivity contribution >= 4 is 28.2 Å². The first-order valence-electron chi connectivity index (χ1n) is 10.1. The van der Waals surface area contributed by atoms with Crippen molar-refractivity contribution in [1.82, 2.24) is 18.9 Å². The molecule has 0 radical (unpaired) electrons. The number of rotatable bonds is 4. The van der Waals surface area contributed by atoms with Crippen molar-refractivity contribution in [2.24, 2.45) is 0 Å². The highest BCUT2D eigenvalue weighted by molar-refractivity contribution is 5.92. The first kappa shape index (κ1) is 19.4. The summed E-state index contributed by atoms with van der Waals surface area (Å²) < 4.78 is 30.6. The number of alkyl halides is 2. The number of nitrogens with zero attached hydrogens (tertiary/aromatic N) is 5. The van der Waals surface area contributed by atoms with Gasteiger partial charge in [-0.25, -0.2) is 13.8 Å². The largest absolute Gasteiger partial charge is 0.369 e. The molecule has 0 amide bonds. The molecule has 8 heteroatoms. The van der Waals surface area contributed by atoms with Crippen LogP contribution in [0.1, 0.15) is 24.1 Å². The van der Waals surface area contributed by atoms with Crippen molar-refractivity contribution in [2.75, 3.05) is 18.0 Å². The second-order valence-electron chi connectivity index (χ2n) is 7.88. The summed E-state index contributed by atoms with van der Waals surface area (Å²) in [6, 6.07) is 5.69. The number of anilines is 1. The van der Waals surface area contributed by atoms with Gasteiger partial charge in [-0.2, -0.15) is 0 Å². The molecule has 0 saturated carbocycles. The maximum atomic E-state index is 13.5. The Labute approximate surface area is 177 Å². The minimum atomic E-state index is -2.62. The predicted molar refractivity (Wildman–Crippen MR) is 117 cm³/mol. The summed E-state index contributed by atoms with van der Waals surface area (Å²) in [5.74, 6) is -2.62. The highest BCUT2D eigenvalue weighted by atomic mass is 19.3. The van der Waals surface area contributed by atoms with Crippen LogP contribution in [0.2, 0.25) is 0 Å². The minimum absolute atomic E-state index is 0.182. The third kappa shape index (κ3) is 3.58. The number of hydrogen-bond donors (Lipinski definition) is 0. The number of halogens is 2. The number of piperidine rings is 1. The van der Waals surface area contributed by atoms with E-state index < -0.39 is 5.92 Å². The van der Waals surface area contributed by atoms with Crippen LogP contribution in [-0.2, 0) is 6.54 Å². The van der Waals surface area contributed by atoms with Crippen LogP contribution in [0.4, 0.5) is 14.5 Å². The topological polar surface area (TPSA) is 55.4 Å². The maximum Gasteiger partial charge on any atom is 0.260 e. The Morgan fingerprint density at radius 3 is 2.68 bits per heavy atom. The molecular weight excluding hydrogens is 400 g/mol. The van der Waals surface area contributed by atoms with E-state index in [9.17, 15) is 13.6 Å². The summed E-state index contributed by atoms with van der Waals surface area (Å²) in [7, 11) is 0. The average Bonchev–Trinajstić information content (AvgIpc) is 3.17. The fourth-order valence-electron chi connectivity index (χ4n) is 4.08. The van der Waals surface area contributed by atoms with Crippen LogP contribution in [0.25, 0.3) is 22.5 Å². The lowest BCUT2D eigenvalue weighted by Crippen LogP contribution is -2.39. The van der Waals surface area contributed by atoms with E-state index in [0.29, 0.717) is 11.9 Å². The Morgan fingerprint density at radius 1 is 1.10 bits per heavy atom. The quantitative estimate of drug-likeness (QED) is 0.500. The maximum absolute atomic E-state index is 13.5. The van der Waals surface area contributed by atoms with Crippen molar-refractivity contribution in [2.45, 2.75) is 25.3 Å². The molecule has 4 aromatic rings. The molecule has 1 aliphatic heterocycles. The lowest BCUT2D eigenvalue weighted by Gasteiger charge is -2.33. The highest BCUT2D eigenvalue weighted by Gasteiger charge is 2.34. The van der Waals surface area contributed by atoms with Gasteiger partial charge in [-0.05, 0) is 23.8 Å². The van der Waals surface area contributed by atoms with E-state index in [1.807, 2.05) is 39.9 Å². The molecule has 0 aromatic carbocycles. The molecular formula is C23H21F2N5O. The number of aromatic nitrogens is 4. The van der Waals surface area contributed by atoms with E-state index in [-0.39, 0.29) is 31.5 Å². The summed E-state index contributed by atoms with van der Waals surface area (Å²) >= 11 is 0. The minimum Gasteiger partial charge on any atom is -0.369 e. The van der Waals surface area contributed by atoms with E-state index in [1.165, 1.54) is 6.20 Å². The molecule has 0 aliphatic carbocycles. The molecule has 1 fully saturated rings. The SMILES string of the molecule is C=Cc1ccc2nc(Cn3ccc4c(N5CCC(F)(F)CC5)cncc4c3=O)cn2c1. The Morgan fingerprint density at radius 2 is 1.90 bits per heavy atom. The van der Waals surface area contributed by atoms with E-state index >= 15 is 0 Å². The van der Waals surface area contributed by atoms with E-state index in [0.717, 1.165) is 28.0 Å². The van der Waals surface area contributed by atoms with Gasteiger partial charge in [0.2, 0.25) is 0 Å². The van der Waals surface area contributed by atoms with Gasteiger partial charge in [0.05, 0.1) is 29.5 Å². The zero-order valence-electron chi connectivity index (χ0n) is 16.8. The van der Waals surface area contributed by atoms with Gasteiger partial charge in [-0.15, -0.1) is 0 Å². The fraction of sp³-hybridized carbons (Fsp3) is 0.261. The van der Waals surface area contributed by atoms with Crippen LogP contribution in [-0.4, -0.2) is 37.9 Å². The number of pyridine rings is 3. The number of fused-ring (bicyclic) bond motifs is 2. The second-order valence-corrected chi connectivity index (χ2v) is 7.88. The zero-order chi connectivity index (χ0) is 21.6. The molecule has 158 valence electrons. The summed E-state index contributed by atoms with van der Waals surface area (Å²) in [5.41, 5.74) is 3.07. The lowest BCUT2D eigenvalue weighted by atomic mass is 10.1. The van der Waals surface area contributed by atoms with Gasteiger partial charge in [0.1, 0.15) is 5.65 Å². The fourth-order valence-corrected chi connectivity index (χ4v) is 4.08. The zero-order valence-corrected chi connectivity index (χ0v) is 16.8. The second kappa shape index (κ2) is 7.30. The standard InChI is InChI=1S/C23H21F2N5O/c1-2-16-3-4-21-27-17(15-30(21)13-16)14-29-8-5-18-19(22(29)31)11-26-12-20(18)28-9-6-23(24,25)7-10-28/h2-5,8,11-13,15H,1,6-7,9-10,14H2. The van der Waals surface area contributed by atoms with Crippen LogP contribution >= 0.6 is 0 Å². The van der Waals surface area contributed by atoms with Crippen LogP contribution in [0.5, 0.6) is 0 Å². The summed E-state index contributed by atoms with van der Waals surface area (Å²) in [4.78, 5) is 23.8. The van der Waals surface area contributed by atoms with E-state index in [2.05, 4.69) is 16.5 Å². The summed E-state index contributed by atoms with van der Waals surface area (Å²) in [6.45, 7) is 4.58.